The van der Waals surface area contributed by atoms with Crippen LogP contribution < -0.4 is 4.67 Å². The van der Waals surface area contributed by atoms with Crippen molar-refractivity contribution in [1.82, 2.24) is 4.98 Å². The molecule has 2 aliphatic rings. The van der Waals surface area contributed by atoms with E-state index >= 15 is 0 Å². The molecule has 4 aromatic rings. The molecule has 0 bridgehead atoms. The van der Waals surface area contributed by atoms with Gasteiger partial charge in [-0.05, 0) is 74.1 Å². The first-order chi connectivity index (χ1) is 19.8. The summed E-state index contributed by atoms with van der Waals surface area (Å²) in [5.41, 5.74) is 4.07. The van der Waals surface area contributed by atoms with Crippen LogP contribution in [0.4, 0.5) is 5.69 Å². The molecule has 1 aliphatic carbocycles. The zero-order valence-electron chi connectivity index (χ0n) is 23.6. The van der Waals surface area contributed by atoms with Gasteiger partial charge in [-0.15, -0.1) is 11.3 Å². The van der Waals surface area contributed by atoms with E-state index in [1.165, 1.54) is 11.3 Å². The Labute approximate surface area is 245 Å². The van der Waals surface area contributed by atoms with Crippen LogP contribution in [-0.2, 0) is 9.30 Å². The number of hydrogen-bond acceptors (Lipinski definition) is 6. The highest BCUT2D eigenvalue weighted by Crippen LogP contribution is 2.59. The molecule has 1 unspecified atom stereocenters. The summed E-state index contributed by atoms with van der Waals surface area (Å²) < 4.78 is 28.3. The molecule has 0 spiro atoms. The van der Waals surface area contributed by atoms with Crippen LogP contribution in [-0.4, -0.2) is 48.1 Å². The van der Waals surface area contributed by atoms with Crippen molar-refractivity contribution in [3.63, 3.8) is 0 Å². The van der Waals surface area contributed by atoms with E-state index < -0.39 is 13.3 Å². The Morgan fingerprint density at radius 2 is 1.76 bits per heavy atom. The number of fused-ring (bicyclic) bond motifs is 1. The lowest BCUT2D eigenvalue weighted by Gasteiger charge is -2.41. The van der Waals surface area contributed by atoms with Gasteiger partial charge in [0.2, 0.25) is 0 Å². The number of nitrogens with zero attached hydrogens (tertiary/aromatic N) is 2. The van der Waals surface area contributed by atoms with Gasteiger partial charge in [0.25, 0.3) is 0 Å². The maximum Gasteiger partial charge on any atom is 0.348 e. The molecule has 9 heteroatoms. The molecule has 3 aromatic heterocycles. The number of anilines is 1. The van der Waals surface area contributed by atoms with Crippen LogP contribution in [0.2, 0.25) is 0 Å². The number of furan rings is 1. The minimum Gasteiger partial charge on any atom is -0.477 e. The lowest BCUT2D eigenvalue weighted by atomic mass is 9.91. The second kappa shape index (κ2) is 11.7. The Morgan fingerprint density at radius 1 is 1.05 bits per heavy atom. The molecule has 216 valence electrons. The number of carboxylic acid groups (broad SMARTS) is 1. The summed E-state index contributed by atoms with van der Waals surface area (Å²) in [6.45, 7) is 6.15. The van der Waals surface area contributed by atoms with Gasteiger partial charge >= 0.3 is 5.97 Å². The zero-order valence-corrected chi connectivity index (χ0v) is 25.3. The lowest BCUT2D eigenvalue weighted by Crippen LogP contribution is -2.34. The predicted molar refractivity (Wildman–Crippen MR) is 166 cm³/mol. The number of aromatic carboxylic acids is 1. The van der Waals surface area contributed by atoms with E-state index in [-0.39, 0.29) is 10.5 Å². The molecule has 1 aliphatic heterocycles. The highest BCUT2D eigenvalue weighted by atomic mass is 32.1. The van der Waals surface area contributed by atoms with E-state index in [4.69, 9.17) is 9.15 Å². The van der Waals surface area contributed by atoms with Crippen LogP contribution in [0.5, 0.6) is 0 Å². The van der Waals surface area contributed by atoms with E-state index in [1.54, 1.807) is 6.20 Å². The van der Waals surface area contributed by atoms with Crippen molar-refractivity contribution in [3.05, 3.63) is 59.6 Å². The number of pyridine rings is 1. The molecular weight excluding hydrogens is 555 g/mol. The largest absolute Gasteiger partial charge is 0.477 e. The Bertz CT molecular complexity index is 1530. The molecular formula is C32H37N2O5PS. The van der Waals surface area contributed by atoms with Crippen LogP contribution in [0, 0.1) is 11.8 Å². The first-order valence-electron chi connectivity index (χ1n) is 14.5. The number of hydrogen-bond donors (Lipinski definition) is 1. The average molecular weight is 593 g/mol. The summed E-state index contributed by atoms with van der Waals surface area (Å²) >= 11 is 1.26. The van der Waals surface area contributed by atoms with Gasteiger partial charge in [-0.3, -0.25) is 4.98 Å². The monoisotopic (exact) mass is 592 g/mol. The Hall–Kier alpha value is -2.93. The van der Waals surface area contributed by atoms with Crippen molar-refractivity contribution in [2.24, 2.45) is 11.8 Å². The molecule has 0 radical (unpaired) electrons. The number of rotatable bonds is 8. The van der Waals surface area contributed by atoms with Crippen molar-refractivity contribution in [3.8, 4) is 21.8 Å². The molecule has 6 rings (SSSR count). The first-order valence-corrected chi connectivity index (χ1v) is 17.5. The van der Waals surface area contributed by atoms with Gasteiger partial charge in [0.1, 0.15) is 16.2 Å². The van der Waals surface area contributed by atoms with Gasteiger partial charge in [-0.2, -0.15) is 0 Å². The van der Waals surface area contributed by atoms with Crippen LogP contribution in [0.25, 0.3) is 32.9 Å². The fourth-order valence-electron chi connectivity index (χ4n) is 6.25. The number of carboxylic acids is 1. The van der Waals surface area contributed by atoms with Gasteiger partial charge in [-0.25, -0.2) is 4.79 Å². The van der Waals surface area contributed by atoms with Crippen molar-refractivity contribution < 1.29 is 23.6 Å². The standard InChI is InChI=1S/C32H37N2O5PS/c1-21-5-11-25(12-6-21)40(2,37)34(20-22-13-16-38-17-14-22)27-19-30(41-31(27)32(35)36)24-9-7-23(8-10-24)29-18-26-28(39-29)4-3-15-33-26/h3-4,7-10,15,18-19,21-22,25H,5-6,11-14,16-17,20H2,1-2H3,(H,35,36). The molecule has 41 heavy (non-hydrogen) atoms. The number of aromatic nitrogens is 1. The Morgan fingerprint density at radius 3 is 2.44 bits per heavy atom. The molecule has 1 saturated heterocycles. The van der Waals surface area contributed by atoms with Gasteiger partial charge in [0.05, 0.1) is 5.69 Å². The van der Waals surface area contributed by atoms with Crippen molar-refractivity contribution in [2.45, 2.75) is 51.1 Å². The number of carbonyl (C=O) groups is 1. The van der Waals surface area contributed by atoms with Gasteiger partial charge in [-0.1, -0.05) is 31.2 Å². The predicted octanol–water partition coefficient (Wildman–Crippen LogP) is 8.64. The Kier molecular flexibility index (Phi) is 8.08. The molecule has 1 saturated carbocycles. The smallest absolute Gasteiger partial charge is 0.348 e. The second-order valence-electron chi connectivity index (χ2n) is 11.7. The van der Waals surface area contributed by atoms with E-state index in [0.717, 1.165) is 71.4 Å². The first kappa shape index (κ1) is 28.2. The molecule has 0 amide bonds. The number of ether oxygens (including phenoxy) is 1. The second-order valence-corrected chi connectivity index (χ2v) is 15.9. The van der Waals surface area contributed by atoms with Crippen LogP contribution in [0.15, 0.2) is 59.1 Å². The van der Waals surface area contributed by atoms with Crippen LogP contribution in [0.3, 0.4) is 0 Å². The lowest BCUT2D eigenvalue weighted by molar-refractivity contribution is 0.0684. The molecule has 2 fully saturated rings. The van der Waals surface area contributed by atoms with Crippen LogP contribution >= 0.6 is 18.6 Å². The maximum absolute atomic E-state index is 14.7. The van der Waals surface area contributed by atoms with Gasteiger partial charge in [0.15, 0.2) is 12.9 Å². The van der Waals surface area contributed by atoms with Crippen molar-refractivity contribution in [2.75, 3.05) is 31.1 Å². The van der Waals surface area contributed by atoms with Gasteiger partial charge in [0, 0.05) is 54.8 Å². The summed E-state index contributed by atoms with van der Waals surface area (Å²) in [4.78, 5) is 18.1. The SMILES string of the molecule is CC1CCC(P(C)(=O)N(CC2CCOCC2)c2cc(-c3ccc(-c4cc5ncccc5o4)cc3)sc2C(=O)O)CC1. The van der Waals surface area contributed by atoms with E-state index in [0.29, 0.717) is 37.3 Å². The minimum atomic E-state index is -2.88. The molecule has 4 heterocycles. The van der Waals surface area contributed by atoms with Crippen molar-refractivity contribution >= 4 is 41.4 Å². The minimum absolute atomic E-state index is 0.0844. The quantitative estimate of drug-likeness (QED) is 0.205. The third-order valence-corrected chi connectivity index (χ3v) is 13.2. The highest BCUT2D eigenvalue weighted by Gasteiger charge is 2.40. The van der Waals surface area contributed by atoms with E-state index in [1.807, 2.05) is 59.9 Å². The summed E-state index contributed by atoms with van der Waals surface area (Å²) in [6.07, 6.45) is 7.54. The highest BCUT2D eigenvalue weighted by molar-refractivity contribution is 7.65. The van der Waals surface area contributed by atoms with E-state index in [2.05, 4.69) is 11.9 Å². The molecule has 7 nitrogen and oxygen atoms in total. The number of thiophene rings is 1. The fourth-order valence-corrected chi connectivity index (χ4v) is 10.1. The average Bonchev–Trinajstić information content (AvgIpc) is 3.62. The molecule has 1 aromatic carbocycles. The normalized spacial score (nSPS) is 21.5. The maximum atomic E-state index is 14.7. The summed E-state index contributed by atoms with van der Waals surface area (Å²) in [5, 5.41) is 10.3. The Balaban J connectivity index is 1.34. The van der Waals surface area contributed by atoms with Gasteiger partial charge < -0.3 is 23.5 Å². The third kappa shape index (κ3) is 5.88. The summed E-state index contributed by atoms with van der Waals surface area (Å²) in [7, 11) is -2.88. The van der Waals surface area contributed by atoms with Crippen molar-refractivity contribution in [1.29, 1.82) is 0 Å². The molecule has 1 N–H and O–H groups in total. The number of benzene rings is 1. The van der Waals surface area contributed by atoms with Crippen LogP contribution in [0.1, 0.15) is 55.1 Å². The molecule has 1 atom stereocenters. The third-order valence-electron chi connectivity index (χ3n) is 8.84. The summed E-state index contributed by atoms with van der Waals surface area (Å²) in [6, 6.07) is 15.6. The zero-order chi connectivity index (χ0) is 28.6. The van der Waals surface area contributed by atoms with E-state index in [9.17, 15) is 14.5 Å². The fraction of sp³-hybridized carbons (Fsp3) is 0.438. The summed E-state index contributed by atoms with van der Waals surface area (Å²) in [5.74, 6) is 0.732. The topological polar surface area (TPSA) is 92.9 Å².